The normalized spacial score (nSPS) is 15.2. The lowest BCUT2D eigenvalue weighted by Crippen LogP contribution is -2.53. The number of halogens is 2. The van der Waals surface area contributed by atoms with Crippen LogP contribution in [0.5, 0.6) is 0 Å². The number of aryl methyl sites for hydroxylation is 1. The van der Waals surface area contributed by atoms with Gasteiger partial charge in [-0.2, -0.15) is 0 Å². The van der Waals surface area contributed by atoms with Crippen LogP contribution in [0.3, 0.4) is 0 Å². The second-order valence-corrected chi connectivity index (χ2v) is 10.7. The maximum atomic E-state index is 12.8. The van der Waals surface area contributed by atoms with Crippen LogP contribution in [0.25, 0.3) is 0 Å². The predicted octanol–water partition coefficient (Wildman–Crippen LogP) is 3.51. The predicted molar refractivity (Wildman–Crippen MR) is 144 cm³/mol. The van der Waals surface area contributed by atoms with Crippen LogP contribution in [-0.2, 0) is 24.0 Å². The summed E-state index contributed by atoms with van der Waals surface area (Å²) >= 11 is 6.18. The molecule has 36 heavy (non-hydrogen) atoms. The molecule has 0 radical (unpaired) electrons. The SMILES string of the molecule is Cc1ccc(NC(=O)[C@H](C)NC(=O)[C@@H](NC(=O)CCCCCN2C(=O)C(Br)=C(Br)C2=O)C(C)C)cc1. The van der Waals surface area contributed by atoms with Crippen LogP contribution in [0.2, 0.25) is 0 Å². The lowest BCUT2D eigenvalue weighted by molar-refractivity contribution is -0.137. The molecule has 0 saturated heterocycles. The van der Waals surface area contributed by atoms with Gasteiger partial charge in [-0.1, -0.05) is 38.0 Å². The van der Waals surface area contributed by atoms with Gasteiger partial charge in [-0.3, -0.25) is 28.9 Å². The molecule has 0 aliphatic carbocycles. The molecule has 1 heterocycles. The number of unbranched alkanes of at least 4 members (excludes halogenated alkanes) is 2. The molecule has 5 amide bonds. The molecule has 0 bridgehead atoms. The second-order valence-electron chi connectivity index (χ2n) is 9.08. The Morgan fingerprint density at radius 2 is 1.44 bits per heavy atom. The van der Waals surface area contributed by atoms with Crippen molar-refractivity contribution in [1.82, 2.24) is 15.5 Å². The number of hydrogen-bond donors (Lipinski definition) is 3. The summed E-state index contributed by atoms with van der Waals surface area (Å²) in [5.74, 6) is -2.00. The maximum absolute atomic E-state index is 12.8. The third-order valence-electron chi connectivity index (χ3n) is 5.68. The summed E-state index contributed by atoms with van der Waals surface area (Å²) in [7, 11) is 0. The van der Waals surface area contributed by atoms with Crippen molar-refractivity contribution in [3.63, 3.8) is 0 Å². The van der Waals surface area contributed by atoms with Crippen molar-refractivity contribution in [2.45, 2.75) is 65.5 Å². The van der Waals surface area contributed by atoms with Gasteiger partial charge in [0, 0.05) is 18.7 Å². The number of amides is 5. The van der Waals surface area contributed by atoms with Crippen molar-refractivity contribution in [3.8, 4) is 0 Å². The molecule has 0 unspecified atom stereocenters. The maximum Gasteiger partial charge on any atom is 0.269 e. The summed E-state index contributed by atoms with van der Waals surface area (Å²) in [6.07, 6.45) is 1.94. The molecule has 1 aromatic rings. The first-order valence-corrected chi connectivity index (χ1v) is 13.4. The van der Waals surface area contributed by atoms with Crippen molar-refractivity contribution < 1.29 is 24.0 Å². The summed E-state index contributed by atoms with van der Waals surface area (Å²) in [5.41, 5.74) is 1.70. The van der Waals surface area contributed by atoms with Crippen LogP contribution in [0.4, 0.5) is 5.69 Å². The number of nitrogens with zero attached hydrogens (tertiary/aromatic N) is 1. The fourth-order valence-electron chi connectivity index (χ4n) is 3.49. The van der Waals surface area contributed by atoms with Crippen molar-refractivity contribution in [2.75, 3.05) is 11.9 Å². The van der Waals surface area contributed by atoms with Crippen LogP contribution in [0.1, 0.15) is 52.0 Å². The lowest BCUT2D eigenvalue weighted by Gasteiger charge is -2.24. The average Bonchev–Trinajstić information content (AvgIpc) is 3.01. The number of carbonyl (C=O) groups excluding carboxylic acids is 5. The highest BCUT2D eigenvalue weighted by Crippen LogP contribution is 2.29. The molecule has 196 valence electrons. The molecule has 9 nitrogen and oxygen atoms in total. The number of imide groups is 1. The Morgan fingerprint density at radius 1 is 0.861 bits per heavy atom. The zero-order chi connectivity index (χ0) is 27.0. The van der Waals surface area contributed by atoms with Crippen LogP contribution < -0.4 is 16.0 Å². The molecule has 3 N–H and O–H groups in total. The molecule has 0 spiro atoms. The van der Waals surface area contributed by atoms with Crippen molar-refractivity contribution in [3.05, 3.63) is 38.8 Å². The fraction of sp³-hybridized carbons (Fsp3) is 0.480. The molecule has 1 aliphatic heterocycles. The Bertz CT molecular complexity index is 1020. The minimum atomic E-state index is -0.789. The van der Waals surface area contributed by atoms with Gasteiger partial charge in [0.2, 0.25) is 17.7 Å². The van der Waals surface area contributed by atoms with E-state index in [0.29, 0.717) is 24.9 Å². The minimum Gasteiger partial charge on any atom is -0.344 e. The molecular formula is C25H32Br2N4O5. The van der Waals surface area contributed by atoms with Crippen molar-refractivity contribution in [1.29, 1.82) is 0 Å². The Labute approximate surface area is 228 Å². The summed E-state index contributed by atoms with van der Waals surface area (Å²) in [5, 5.41) is 8.19. The molecule has 0 saturated carbocycles. The van der Waals surface area contributed by atoms with E-state index in [4.69, 9.17) is 0 Å². The number of benzene rings is 1. The van der Waals surface area contributed by atoms with Gasteiger partial charge >= 0.3 is 0 Å². The fourth-order valence-corrected chi connectivity index (χ4v) is 4.26. The zero-order valence-electron chi connectivity index (χ0n) is 20.8. The topological polar surface area (TPSA) is 125 Å². The molecule has 1 aromatic carbocycles. The van der Waals surface area contributed by atoms with E-state index in [0.717, 1.165) is 10.5 Å². The lowest BCUT2D eigenvalue weighted by atomic mass is 10.0. The van der Waals surface area contributed by atoms with E-state index >= 15 is 0 Å². The molecule has 1 aliphatic rings. The van der Waals surface area contributed by atoms with E-state index in [2.05, 4.69) is 47.8 Å². The van der Waals surface area contributed by atoms with E-state index in [1.165, 1.54) is 0 Å². The first kappa shape index (κ1) is 29.7. The van der Waals surface area contributed by atoms with E-state index in [1.54, 1.807) is 19.1 Å². The number of hydrogen-bond acceptors (Lipinski definition) is 5. The van der Waals surface area contributed by atoms with Crippen molar-refractivity contribution in [2.24, 2.45) is 5.92 Å². The zero-order valence-corrected chi connectivity index (χ0v) is 24.0. The number of nitrogens with one attached hydrogen (secondary N) is 3. The van der Waals surface area contributed by atoms with Crippen molar-refractivity contribution >= 4 is 67.1 Å². The molecule has 2 rings (SSSR count). The first-order valence-electron chi connectivity index (χ1n) is 11.8. The average molecular weight is 628 g/mol. The third kappa shape index (κ3) is 8.26. The van der Waals surface area contributed by atoms with Gasteiger partial charge in [-0.15, -0.1) is 0 Å². The number of carbonyl (C=O) groups is 5. The largest absolute Gasteiger partial charge is 0.344 e. The Morgan fingerprint density at radius 3 is 2.00 bits per heavy atom. The number of anilines is 1. The summed E-state index contributed by atoms with van der Waals surface area (Å²) in [6.45, 7) is 7.43. The van der Waals surface area contributed by atoms with E-state index in [1.807, 2.05) is 32.9 Å². The standard InChI is InChI=1S/C25H32Br2N4O5/c1-14(2)21(23(34)28-16(4)22(33)29-17-11-9-15(3)10-12-17)30-18(32)8-6-5-7-13-31-24(35)19(26)20(27)25(31)36/h9-12,14,16,21H,5-8,13H2,1-4H3,(H,28,34)(H,29,33)(H,30,32)/t16-,21-/m0/s1. The van der Waals surface area contributed by atoms with Gasteiger partial charge in [0.05, 0.1) is 0 Å². The molecule has 0 fully saturated rings. The molecular weight excluding hydrogens is 596 g/mol. The minimum absolute atomic E-state index is 0.183. The highest BCUT2D eigenvalue weighted by atomic mass is 79.9. The summed E-state index contributed by atoms with van der Waals surface area (Å²) in [4.78, 5) is 62.9. The second kappa shape index (κ2) is 13.7. The Kier molecular flexibility index (Phi) is 11.3. The van der Waals surface area contributed by atoms with E-state index in [9.17, 15) is 24.0 Å². The van der Waals surface area contributed by atoms with Crippen LogP contribution in [0.15, 0.2) is 33.2 Å². The van der Waals surface area contributed by atoms with Gasteiger partial charge < -0.3 is 16.0 Å². The smallest absolute Gasteiger partial charge is 0.269 e. The molecule has 0 aromatic heterocycles. The van der Waals surface area contributed by atoms with Gasteiger partial charge in [0.1, 0.15) is 21.0 Å². The summed E-state index contributed by atoms with van der Waals surface area (Å²) in [6, 6.07) is 5.76. The van der Waals surface area contributed by atoms with E-state index in [-0.39, 0.29) is 51.5 Å². The Hall–Kier alpha value is -2.53. The van der Waals surface area contributed by atoms with Crippen LogP contribution in [-0.4, -0.2) is 53.1 Å². The van der Waals surface area contributed by atoms with Gasteiger partial charge in [0.15, 0.2) is 0 Å². The molecule has 11 heteroatoms. The Balaban J connectivity index is 1.75. The van der Waals surface area contributed by atoms with Crippen LogP contribution in [0, 0.1) is 12.8 Å². The first-order chi connectivity index (χ1) is 16.9. The molecule has 2 atom stereocenters. The quantitative estimate of drug-likeness (QED) is 0.242. The highest BCUT2D eigenvalue weighted by Gasteiger charge is 2.35. The highest BCUT2D eigenvalue weighted by molar-refractivity contribution is 9.14. The van der Waals surface area contributed by atoms with Gasteiger partial charge in [-0.25, -0.2) is 0 Å². The monoisotopic (exact) mass is 626 g/mol. The van der Waals surface area contributed by atoms with E-state index < -0.39 is 18.0 Å². The number of rotatable bonds is 12. The summed E-state index contributed by atoms with van der Waals surface area (Å²) < 4.78 is 0.429. The van der Waals surface area contributed by atoms with Crippen LogP contribution >= 0.6 is 31.9 Å². The third-order valence-corrected chi connectivity index (χ3v) is 7.68. The van der Waals surface area contributed by atoms with Gasteiger partial charge in [0.25, 0.3) is 11.8 Å². The van der Waals surface area contributed by atoms with Gasteiger partial charge in [-0.05, 0) is 76.6 Å².